The molecule has 5 rings (SSSR count). The Hall–Kier alpha value is -3.22. The van der Waals surface area contributed by atoms with Crippen LogP contribution in [0, 0.1) is 11.6 Å². The fraction of sp³-hybridized carbons (Fsp3) is 0.200. The first-order valence-electron chi connectivity index (χ1n) is 8.74. The van der Waals surface area contributed by atoms with E-state index in [0.29, 0.717) is 5.69 Å². The Morgan fingerprint density at radius 1 is 1.11 bits per heavy atom. The molecule has 4 aromatic rings. The van der Waals surface area contributed by atoms with Crippen molar-refractivity contribution in [2.45, 2.75) is 19.4 Å². The number of halogens is 2. The summed E-state index contributed by atoms with van der Waals surface area (Å²) in [5.74, 6) is -1.90. The Labute approximate surface area is 153 Å². The molecule has 5 nitrogen and oxygen atoms in total. The first kappa shape index (κ1) is 16.0. The van der Waals surface area contributed by atoms with Gasteiger partial charge in [0.25, 0.3) is 0 Å². The van der Waals surface area contributed by atoms with E-state index < -0.39 is 17.4 Å². The number of ether oxygens (including phenoxy) is 1. The third kappa shape index (κ3) is 2.27. The van der Waals surface area contributed by atoms with Crippen LogP contribution < -0.4 is 4.74 Å². The van der Waals surface area contributed by atoms with E-state index in [1.54, 1.807) is 10.9 Å². The molecule has 0 radical (unpaired) electrons. The second kappa shape index (κ2) is 5.90. The lowest BCUT2D eigenvalue weighted by atomic mass is 10.1. The van der Waals surface area contributed by atoms with Crippen LogP contribution in [-0.2, 0) is 13.0 Å². The molecule has 3 heterocycles. The highest BCUT2D eigenvalue weighted by Gasteiger charge is 2.28. The van der Waals surface area contributed by atoms with Crippen molar-refractivity contribution in [3.05, 3.63) is 59.9 Å². The molecule has 27 heavy (non-hydrogen) atoms. The highest BCUT2D eigenvalue weighted by Crippen LogP contribution is 2.38. The van der Waals surface area contributed by atoms with Gasteiger partial charge in [0.05, 0.1) is 24.5 Å². The van der Waals surface area contributed by atoms with Crippen LogP contribution in [0.1, 0.15) is 12.1 Å². The van der Waals surface area contributed by atoms with Crippen LogP contribution in [0.15, 0.2) is 42.6 Å². The summed E-state index contributed by atoms with van der Waals surface area (Å²) in [5, 5.41) is 10.1. The number of para-hydroxylation sites is 1. The molecule has 0 N–H and O–H groups in total. The first-order chi connectivity index (χ1) is 13.2. The molecular weight excluding hydrogens is 350 g/mol. The summed E-state index contributed by atoms with van der Waals surface area (Å²) in [5.41, 5.74) is 3.29. The number of nitrogens with zero attached hydrogens (tertiary/aromatic N) is 4. The minimum Gasteiger partial charge on any atom is -0.491 e. The van der Waals surface area contributed by atoms with E-state index in [1.165, 1.54) is 19.2 Å². The van der Waals surface area contributed by atoms with E-state index in [4.69, 9.17) is 4.74 Å². The quantitative estimate of drug-likeness (QED) is 0.548. The molecule has 0 saturated carbocycles. The highest BCUT2D eigenvalue weighted by molar-refractivity contribution is 5.83. The average Bonchev–Trinajstić information content (AvgIpc) is 3.36. The number of aryl methyl sites for hydroxylation is 1. The molecule has 1 aliphatic rings. The van der Waals surface area contributed by atoms with E-state index in [1.807, 2.05) is 28.9 Å². The molecule has 0 bridgehead atoms. The Morgan fingerprint density at radius 2 is 1.96 bits per heavy atom. The summed E-state index contributed by atoms with van der Waals surface area (Å²) in [7, 11) is 1.25. The zero-order valence-corrected chi connectivity index (χ0v) is 14.6. The summed E-state index contributed by atoms with van der Waals surface area (Å²) < 4.78 is 37.4. The molecule has 0 saturated heterocycles. The predicted octanol–water partition coefficient (Wildman–Crippen LogP) is 4.12. The highest BCUT2D eigenvalue weighted by atomic mass is 19.1. The fourth-order valence-electron chi connectivity index (χ4n) is 3.77. The Kier molecular flexibility index (Phi) is 3.50. The topological polar surface area (TPSA) is 44.9 Å². The second-order valence-corrected chi connectivity index (χ2v) is 6.53. The Balaban J connectivity index is 1.81. The lowest BCUT2D eigenvalue weighted by Crippen LogP contribution is -2.02. The monoisotopic (exact) mass is 366 g/mol. The number of hydrogen-bond donors (Lipinski definition) is 0. The smallest absolute Gasteiger partial charge is 0.191 e. The SMILES string of the molecule is COc1c(F)ccc(-c2nn3c(c2-n2ncc4ccccc42)CCC3)c1F. The molecule has 0 amide bonds. The van der Waals surface area contributed by atoms with Crippen LogP contribution >= 0.6 is 0 Å². The normalized spacial score (nSPS) is 13.3. The van der Waals surface area contributed by atoms with E-state index in [9.17, 15) is 8.78 Å². The van der Waals surface area contributed by atoms with Crippen LogP contribution in [0.5, 0.6) is 5.75 Å². The van der Waals surface area contributed by atoms with E-state index in [-0.39, 0.29) is 5.56 Å². The van der Waals surface area contributed by atoms with Crippen LogP contribution in [-0.4, -0.2) is 26.7 Å². The van der Waals surface area contributed by atoms with Gasteiger partial charge in [-0.15, -0.1) is 0 Å². The molecule has 0 spiro atoms. The van der Waals surface area contributed by atoms with Crippen molar-refractivity contribution in [1.29, 1.82) is 0 Å². The maximum Gasteiger partial charge on any atom is 0.191 e. The third-order valence-electron chi connectivity index (χ3n) is 5.01. The number of rotatable bonds is 3. The lowest BCUT2D eigenvalue weighted by molar-refractivity contribution is 0.360. The molecule has 0 unspecified atom stereocenters. The molecule has 7 heteroatoms. The minimum atomic E-state index is -0.757. The summed E-state index contributed by atoms with van der Waals surface area (Å²) in [6.07, 6.45) is 3.58. The van der Waals surface area contributed by atoms with E-state index >= 15 is 0 Å². The maximum absolute atomic E-state index is 15.0. The molecule has 1 aliphatic heterocycles. The molecule has 0 aliphatic carbocycles. The number of benzene rings is 2. The number of aromatic nitrogens is 4. The second-order valence-electron chi connectivity index (χ2n) is 6.53. The lowest BCUT2D eigenvalue weighted by Gasteiger charge is -2.10. The Morgan fingerprint density at radius 3 is 2.81 bits per heavy atom. The molecule has 0 atom stereocenters. The molecule has 2 aromatic heterocycles. The zero-order valence-electron chi connectivity index (χ0n) is 14.6. The van der Waals surface area contributed by atoms with Gasteiger partial charge in [-0.05, 0) is 31.0 Å². The van der Waals surface area contributed by atoms with Crippen molar-refractivity contribution < 1.29 is 13.5 Å². The van der Waals surface area contributed by atoms with Crippen LogP contribution in [0.3, 0.4) is 0 Å². The van der Waals surface area contributed by atoms with Crippen molar-refractivity contribution in [2.24, 2.45) is 0 Å². The van der Waals surface area contributed by atoms with Gasteiger partial charge in [0.15, 0.2) is 17.4 Å². The first-order valence-corrected chi connectivity index (χ1v) is 8.74. The van der Waals surface area contributed by atoms with Crippen molar-refractivity contribution >= 4 is 10.9 Å². The standard InChI is InChI=1S/C20H16F2N4O/c1-27-20-14(21)9-8-13(17(20)22)18-19(16-7-4-10-25(16)24-18)26-15-6-3-2-5-12(15)11-23-26/h2-3,5-6,8-9,11H,4,7,10H2,1H3. The van der Waals surface area contributed by atoms with E-state index in [0.717, 1.165) is 41.7 Å². The predicted molar refractivity (Wildman–Crippen MR) is 97.1 cm³/mol. The van der Waals surface area contributed by atoms with E-state index in [2.05, 4.69) is 10.2 Å². The van der Waals surface area contributed by atoms with Crippen molar-refractivity contribution in [3.8, 4) is 22.7 Å². The Bertz CT molecular complexity index is 1180. The van der Waals surface area contributed by atoms with Gasteiger partial charge in [0.1, 0.15) is 11.4 Å². The summed E-state index contributed by atoms with van der Waals surface area (Å²) in [6, 6.07) is 10.4. The van der Waals surface area contributed by atoms with Crippen molar-refractivity contribution in [3.63, 3.8) is 0 Å². The van der Waals surface area contributed by atoms with Crippen LogP contribution in [0.25, 0.3) is 27.8 Å². The number of hydrogen-bond acceptors (Lipinski definition) is 3. The number of fused-ring (bicyclic) bond motifs is 2. The summed E-state index contributed by atoms with van der Waals surface area (Å²) >= 11 is 0. The van der Waals surface area contributed by atoms with Gasteiger partial charge in [0, 0.05) is 17.5 Å². The van der Waals surface area contributed by atoms with Gasteiger partial charge in [0.2, 0.25) is 0 Å². The van der Waals surface area contributed by atoms with Gasteiger partial charge in [-0.2, -0.15) is 10.2 Å². The van der Waals surface area contributed by atoms with Gasteiger partial charge >= 0.3 is 0 Å². The molecule has 136 valence electrons. The third-order valence-corrected chi connectivity index (χ3v) is 5.01. The van der Waals surface area contributed by atoms with Gasteiger partial charge < -0.3 is 4.74 Å². The molecular formula is C20H16F2N4O. The van der Waals surface area contributed by atoms with Crippen molar-refractivity contribution in [1.82, 2.24) is 19.6 Å². The maximum atomic E-state index is 15.0. The average molecular weight is 366 g/mol. The summed E-state index contributed by atoms with van der Waals surface area (Å²) in [4.78, 5) is 0. The largest absolute Gasteiger partial charge is 0.491 e. The van der Waals surface area contributed by atoms with Gasteiger partial charge in [-0.25, -0.2) is 13.5 Å². The fourth-order valence-corrected chi connectivity index (χ4v) is 3.77. The minimum absolute atomic E-state index is 0.199. The zero-order chi connectivity index (χ0) is 18.5. The van der Waals surface area contributed by atoms with Crippen LogP contribution in [0.4, 0.5) is 8.78 Å². The summed E-state index contributed by atoms with van der Waals surface area (Å²) in [6.45, 7) is 0.765. The molecule has 2 aromatic carbocycles. The molecule has 0 fully saturated rings. The number of methoxy groups -OCH3 is 1. The van der Waals surface area contributed by atoms with Crippen molar-refractivity contribution in [2.75, 3.05) is 7.11 Å². The van der Waals surface area contributed by atoms with Crippen LogP contribution in [0.2, 0.25) is 0 Å². The van der Waals surface area contributed by atoms with Gasteiger partial charge in [-0.3, -0.25) is 4.68 Å². The van der Waals surface area contributed by atoms with Gasteiger partial charge in [-0.1, -0.05) is 18.2 Å².